The first-order valence-electron chi connectivity index (χ1n) is 12.5. The molecule has 2 heterocycles. The molecule has 4 atom stereocenters. The first-order valence-corrected chi connectivity index (χ1v) is 12.5. The Kier molecular flexibility index (Phi) is 8.88. The lowest BCUT2D eigenvalue weighted by molar-refractivity contribution is -0.139. The second-order valence-corrected chi connectivity index (χ2v) is 9.98. The van der Waals surface area contributed by atoms with Crippen LogP contribution in [0.4, 0.5) is 5.69 Å². The number of anilines is 1. The molecule has 0 aromatic heterocycles. The molecule has 9 heteroatoms. The van der Waals surface area contributed by atoms with Crippen LogP contribution in [-0.4, -0.2) is 78.2 Å². The highest BCUT2D eigenvalue weighted by Crippen LogP contribution is 2.32. The summed E-state index contributed by atoms with van der Waals surface area (Å²) in [5.41, 5.74) is 6.67. The van der Waals surface area contributed by atoms with Crippen molar-refractivity contribution < 1.29 is 23.9 Å². The molecule has 0 radical (unpaired) electrons. The zero-order chi connectivity index (χ0) is 25.7. The van der Waals surface area contributed by atoms with Crippen molar-refractivity contribution in [3.05, 3.63) is 29.8 Å². The molecule has 0 saturated carbocycles. The molecule has 2 fully saturated rings. The van der Waals surface area contributed by atoms with Gasteiger partial charge in [0.15, 0.2) is 5.78 Å². The highest BCUT2D eigenvalue weighted by Gasteiger charge is 2.52. The van der Waals surface area contributed by atoms with Gasteiger partial charge in [-0.15, -0.1) is 0 Å². The van der Waals surface area contributed by atoms with Gasteiger partial charge in [-0.1, -0.05) is 27.2 Å². The van der Waals surface area contributed by atoms with Gasteiger partial charge in [0.05, 0.1) is 25.1 Å². The summed E-state index contributed by atoms with van der Waals surface area (Å²) in [5.74, 6) is -1.00. The van der Waals surface area contributed by atoms with Crippen LogP contribution in [0.1, 0.15) is 56.8 Å². The monoisotopic (exact) mass is 486 g/mol. The minimum absolute atomic E-state index is 0.00845. The summed E-state index contributed by atoms with van der Waals surface area (Å²) < 4.78 is 5.24. The van der Waals surface area contributed by atoms with Gasteiger partial charge >= 0.3 is 0 Å². The number of benzene rings is 1. The number of methoxy groups -OCH3 is 1. The van der Waals surface area contributed by atoms with Crippen molar-refractivity contribution in [1.29, 1.82) is 0 Å². The number of amides is 3. The summed E-state index contributed by atoms with van der Waals surface area (Å²) >= 11 is 0. The number of carbonyl (C=O) groups is 4. The lowest BCUT2D eigenvalue weighted by Crippen LogP contribution is -2.53. The summed E-state index contributed by atoms with van der Waals surface area (Å²) in [4.78, 5) is 55.9. The minimum atomic E-state index is -0.766. The SMILES string of the molecule is CCCC(COC)C(=O)N1CC(=O)C2C1CCN2C(=O)C(CC(C)C)NC(=O)c1ccc(N)cc1. The number of fused-ring (bicyclic) bond motifs is 1. The van der Waals surface area contributed by atoms with Gasteiger partial charge < -0.3 is 25.6 Å². The summed E-state index contributed by atoms with van der Waals surface area (Å²) in [6.45, 7) is 6.66. The number of carbonyl (C=O) groups excluding carboxylic acids is 4. The number of likely N-dealkylation sites (tertiary alicyclic amines) is 2. The molecule has 3 amide bonds. The number of ketones is 1. The van der Waals surface area contributed by atoms with Crippen molar-refractivity contribution >= 4 is 29.2 Å². The fourth-order valence-corrected chi connectivity index (χ4v) is 5.19. The van der Waals surface area contributed by atoms with Crippen LogP contribution in [0.25, 0.3) is 0 Å². The van der Waals surface area contributed by atoms with E-state index in [1.807, 2.05) is 20.8 Å². The van der Waals surface area contributed by atoms with E-state index in [0.29, 0.717) is 43.7 Å². The van der Waals surface area contributed by atoms with E-state index in [-0.39, 0.29) is 47.9 Å². The number of nitrogens with two attached hydrogens (primary N) is 1. The molecule has 35 heavy (non-hydrogen) atoms. The van der Waals surface area contributed by atoms with E-state index >= 15 is 0 Å². The van der Waals surface area contributed by atoms with Crippen molar-refractivity contribution in [3.8, 4) is 0 Å². The second-order valence-electron chi connectivity index (χ2n) is 9.98. The molecule has 2 aliphatic rings. The minimum Gasteiger partial charge on any atom is -0.399 e. The third kappa shape index (κ3) is 6.01. The van der Waals surface area contributed by atoms with Gasteiger partial charge in [0.1, 0.15) is 12.1 Å². The fourth-order valence-electron chi connectivity index (χ4n) is 5.19. The van der Waals surface area contributed by atoms with Gasteiger partial charge in [0, 0.05) is 24.9 Å². The summed E-state index contributed by atoms with van der Waals surface area (Å²) in [7, 11) is 1.57. The van der Waals surface area contributed by atoms with Crippen LogP contribution in [-0.2, 0) is 19.1 Å². The molecule has 3 rings (SSSR count). The van der Waals surface area contributed by atoms with Crippen LogP contribution in [0.5, 0.6) is 0 Å². The predicted molar refractivity (Wildman–Crippen MR) is 132 cm³/mol. The Bertz CT molecular complexity index is 926. The Morgan fingerprint density at radius 1 is 1.14 bits per heavy atom. The normalized spacial score (nSPS) is 21.2. The molecule has 0 bridgehead atoms. The smallest absolute Gasteiger partial charge is 0.251 e. The molecular weight excluding hydrogens is 448 g/mol. The largest absolute Gasteiger partial charge is 0.399 e. The summed E-state index contributed by atoms with van der Waals surface area (Å²) in [6, 6.07) is 4.74. The van der Waals surface area contributed by atoms with Gasteiger partial charge in [-0.3, -0.25) is 19.2 Å². The topological polar surface area (TPSA) is 122 Å². The second kappa shape index (κ2) is 11.7. The Morgan fingerprint density at radius 3 is 2.43 bits per heavy atom. The van der Waals surface area contributed by atoms with Crippen LogP contribution in [0.3, 0.4) is 0 Å². The Labute approximate surface area is 207 Å². The van der Waals surface area contributed by atoms with Gasteiger partial charge in [0.25, 0.3) is 5.91 Å². The molecule has 192 valence electrons. The molecular formula is C26H38N4O5. The fraction of sp³-hybridized carbons (Fsp3) is 0.615. The Hall–Kier alpha value is -2.94. The summed E-state index contributed by atoms with van der Waals surface area (Å²) in [6.07, 6.45) is 2.51. The van der Waals surface area contributed by atoms with Crippen LogP contribution < -0.4 is 11.1 Å². The number of rotatable bonds is 10. The van der Waals surface area contributed by atoms with Gasteiger partial charge in [-0.25, -0.2) is 0 Å². The average molecular weight is 487 g/mol. The lowest BCUT2D eigenvalue weighted by atomic mass is 10.0. The average Bonchev–Trinajstić information content (AvgIpc) is 3.39. The number of nitrogens with one attached hydrogen (secondary N) is 1. The van der Waals surface area contributed by atoms with Crippen LogP contribution in [0, 0.1) is 11.8 Å². The van der Waals surface area contributed by atoms with E-state index in [0.717, 1.165) is 6.42 Å². The molecule has 9 nitrogen and oxygen atoms in total. The summed E-state index contributed by atoms with van der Waals surface area (Å²) in [5, 5.41) is 2.86. The van der Waals surface area contributed by atoms with Crippen molar-refractivity contribution in [2.75, 3.05) is 32.5 Å². The Morgan fingerprint density at radius 2 is 1.83 bits per heavy atom. The van der Waals surface area contributed by atoms with Crippen molar-refractivity contribution in [2.24, 2.45) is 11.8 Å². The first kappa shape index (κ1) is 26.7. The highest BCUT2D eigenvalue weighted by molar-refractivity contribution is 6.01. The molecule has 2 aliphatic heterocycles. The quantitative estimate of drug-likeness (QED) is 0.487. The molecule has 1 aromatic rings. The Balaban J connectivity index is 1.76. The first-order chi connectivity index (χ1) is 16.7. The highest BCUT2D eigenvalue weighted by atomic mass is 16.5. The van der Waals surface area contributed by atoms with Crippen molar-refractivity contribution in [1.82, 2.24) is 15.1 Å². The molecule has 1 aromatic carbocycles. The van der Waals surface area contributed by atoms with E-state index < -0.39 is 12.1 Å². The third-order valence-electron chi connectivity index (χ3n) is 6.83. The maximum Gasteiger partial charge on any atom is 0.251 e. The zero-order valence-electron chi connectivity index (χ0n) is 21.2. The van der Waals surface area contributed by atoms with Gasteiger partial charge in [-0.2, -0.15) is 0 Å². The molecule has 2 saturated heterocycles. The molecule has 3 N–H and O–H groups in total. The number of nitrogen functional groups attached to an aromatic ring is 1. The lowest BCUT2D eigenvalue weighted by Gasteiger charge is -2.29. The van der Waals surface area contributed by atoms with Crippen LogP contribution in [0.2, 0.25) is 0 Å². The van der Waals surface area contributed by atoms with E-state index in [1.54, 1.807) is 41.2 Å². The van der Waals surface area contributed by atoms with Gasteiger partial charge in [-0.05, 0) is 49.4 Å². The molecule has 0 spiro atoms. The van der Waals surface area contributed by atoms with Crippen molar-refractivity contribution in [2.45, 2.75) is 64.6 Å². The van der Waals surface area contributed by atoms with Crippen molar-refractivity contribution in [3.63, 3.8) is 0 Å². The molecule has 0 aliphatic carbocycles. The number of ether oxygens (including phenoxy) is 1. The van der Waals surface area contributed by atoms with E-state index in [2.05, 4.69) is 5.32 Å². The zero-order valence-corrected chi connectivity index (χ0v) is 21.2. The standard InChI is InChI=1S/C26H38N4O5/c1-5-6-18(15-35-4)25(33)30-14-22(31)23-21(30)11-12-29(23)26(34)20(13-16(2)3)28-24(32)17-7-9-19(27)10-8-17/h7-10,16,18,20-21,23H,5-6,11-15,27H2,1-4H3,(H,28,32). The number of hydrogen-bond donors (Lipinski definition) is 2. The van der Waals surface area contributed by atoms with E-state index in [4.69, 9.17) is 10.5 Å². The van der Waals surface area contributed by atoms with Gasteiger partial charge in [0.2, 0.25) is 11.8 Å². The number of hydrogen-bond acceptors (Lipinski definition) is 6. The number of nitrogens with zero attached hydrogens (tertiary/aromatic N) is 2. The van der Waals surface area contributed by atoms with E-state index in [1.165, 1.54) is 0 Å². The third-order valence-corrected chi connectivity index (χ3v) is 6.83. The maximum atomic E-state index is 13.6. The predicted octanol–water partition coefficient (Wildman–Crippen LogP) is 1.86. The maximum absolute atomic E-state index is 13.6. The molecule has 4 unspecified atom stereocenters. The van der Waals surface area contributed by atoms with E-state index in [9.17, 15) is 19.2 Å². The number of Topliss-reactive ketones (excluding diaryl/α,β-unsaturated/α-hetero) is 1. The van der Waals surface area contributed by atoms with Crippen LogP contribution in [0.15, 0.2) is 24.3 Å². The van der Waals surface area contributed by atoms with Crippen LogP contribution >= 0.6 is 0 Å².